The summed E-state index contributed by atoms with van der Waals surface area (Å²) >= 11 is 1.62. The molecule has 4 heteroatoms. The van der Waals surface area contributed by atoms with E-state index in [2.05, 4.69) is 5.10 Å². The van der Waals surface area contributed by atoms with E-state index in [0.29, 0.717) is 0 Å². The van der Waals surface area contributed by atoms with Gasteiger partial charge in [-0.3, -0.25) is 4.68 Å². The van der Waals surface area contributed by atoms with Gasteiger partial charge in [-0.2, -0.15) is 5.10 Å². The number of aliphatic hydroxyl groups excluding tert-OH is 1. The van der Waals surface area contributed by atoms with Gasteiger partial charge in [-0.15, -0.1) is 11.8 Å². The van der Waals surface area contributed by atoms with Gasteiger partial charge in [-0.25, -0.2) is 0 Å². The molecule has 0 aromatic carbocycles. The molecule has 1 aromatic rings. The summed E-state index contributed by atoms with van der Waals surface area (Å²) in [5, 5.41) is 13.0. The molecule has 0 fully saturated rings. The van der Waals surface area contributed by atoms with E-state index in [-0.39, 0.29) is 6.10 Å². The molecule has 0 saturated heterocycles. The van der Waals surface area contributed by atoms with Crippen molar-refractivity contribution in [3.8, 4) is 0 Å². The summed E-state index contributed by atoms with van der Waals surface area (Å²) in [5.74, 6) is 0.728. The highest BCUT2D eigenvalue weighted by Gasteiger charge is 1.99. The SMILES string of the molecule is C[C@H](O)CSc1cnn(C)c1. The molecular weight excluding hydrogens is 160 g/mol. The first-order chi connectivity index (χ1) is 5.18. The second-order valence-corrected chi connectivity index (χ2v) is 3.60. The van der Waals surface area contributed by atoms with Crippen LogP contribution >= 0.6 is 11.8 Å². The van der Waals surface area contributed by atoms with Crippen molar-refractivity contribution in [2.24, 2.45) is 7.05 Å². The minimum atomic E-state index is -0.250. The van der Waals surface area contributed by atoms with Crippen LogP contribution in [0.3, 0.4) is 0 Å². The fraction of sp³-hybridized carbons (Fsp3) is 0.571. The van der Waals surface area contributed by atoms with Crippen molar-refractivity contribution in [3.63, 3.8) is 0 Å². The number of aromatic nitrogens is 2. The first-order valence-corrected chi connectivity index (χ1v) is 4.46. The lowest BCUT2D eigenvalue weighted by Gasteiger charge is -1.99. The van der Waals surface area contributed by atoms with Gasteiger partial charge in [0.15, 0.2) is 0 Å². The quantitative estimate of drug-likeness (QED) is 0.688. The Morgan fingerprint density at radius 3 is 3.00 bits per heavy atom. The van der Waals surface area contributed by atoms with Crippen molar-refractivity contribution in [2.45, 2.75) is 17.9 Å². The molecule has 1 rings (SSSR count). The maximum absolute atomic E-state index is 8.97. The van der Waals surface area contributed by atoms with E-state index in [1.165, 1.54) is 0 Å². The molecule has 0 saturated carbocycles. The van der Waals surface area contributed by atoms with E-state index in [1.54, 1.807) is 29.6 Å². The molecular formula is C7H12N2OS. The van der Waals surface area contributed by atoms with Crippen LogP contribution in [-0.4, -0.2) is 26.7 Å². The molecule has 0 bridgehead atoms. The van der Waals surface area contributed by atoms with E-state index in [9.17, 15) is 0 Å². The summed E-state index contributed by atoms with van der Waals surface area (Å²) < 4.78 is 1.75. The normalized spacial score (nSPS) is 13.4. The molecule has 1 atom stereocenters. The third-order valence-electron chi connectivity index (χ3n) is 1.17. The standard InChI is InChI=1S/C7H12N2OS/c1-6(10)5-11-7-3-8-9(2)4-7/h3-4,6,10H,5H2,1-2H3/t6-/m0/s1. The average Bonchev–Trinajstić information content (AvgIpc) is 2.31. The topological polar surface area (TPSA) is 38.1 Å². The molecule has 62 valence electrons. The number of hydrogen-bond acceptors (Lipinski definition) is 3. The van der Waals surface area contributed by atoms with E-state index in [1.807, 2.05) is 13.2 Å². The number of rotatable bonds is 3. The number of nitrogens with zero attached hydrogens (tertiary/aromatic N) is 2. The van der Waals surface area contributed by atoms with Crippen molar-refractivity contribution in [1.29, 1.82) is 0 Å². The van der Waals surface area contributed by atoms with Crippen LogP contribution in [0.25, 0.3) is 0 Å². The van der Waals surface area contributed by atoms with Gasteiger partial charge in [0.25, 0.3) is 0 Å². The molecule has 0 unspecified atom stereocenters. The molecule has 11 heavy (non-hydrogen) atoms. The molecule has 0 aliphatic carbocycles. The minimum absolute atomic E-state index is 0.250. The monoisotopic (exact) mass is 172 g/mol. The lowest BCUT2D eigenvalue weighted by molar-refractivity contribution is 0.220. The van der Waals surface area contributed by atoms with Gasteiger partial charge in [0, 0.05) is 23.9 Å². The van der Waals surface area contributed by atoms with E-state index >= 15 is 0 Å². The van der Waals surface area contributed by atoms with Gasteiger partial charge in [-0.1, -0.05) is 0 Å². The van der Waals surface area contributed by atoms with Crippen LogP contribution in [0.1, 0.15) is 6.92 Å². The molecule has 1 N–H and O–H groups in total. The maximum Gasteiger partial charge on any atom is 0.0625 e. The van der Waals surface area contributed by atoms with Crippen LogP contribution in [0.4, 0.5) is 0 Å². The van der Waals surface area contributed by atoms with Crippen LogP contribution in [0, 0.1) is 0 Å². The Morgan fingerprint density at radius 1 is 1.82 bits per heavy atom. The maximum atomic E-state index is 8.97. The van der Waals surface area contributed by atoms with Crippen molar-refractivity contribution >= 4 is 11.8 Å². The predicted molar refractivity (Wildman–Crippen MR) is 45.6 cm³/mol. The number of aliphatic hydroxyl groups is 1. The van der Waals surface area contributed by atoms with Gasteiger partial charge in [0.2, 0.25) is 0 Å². The van der Waals surface area contributed by atoms with Gasteiger partial charge >= 0.3 is 0 Å². The Balaban J connectivity index is 2.39. The minimum Gasteiger partial charge on any atom is -0.393 e. The lowest BCUT2D eigenvalue weighted by atomic mass is 10.5. The Labute approximate surface area is 70.4 Å². The van der Waals surface area contributed by atoms with E-state index in [0.717, 1.165) is 10.6 Å². The Bertz CT molecular complexity index is 222. The Hall–Kier alpha value is -0.480. The third-order valence-corrected chi connectivity index (χ3v) is 2.37. The molecule has 0 amide bonds. The average molecular weight is 172 g/mol. The van der Waals surface area contributed by atoms with E-state index in [4.69, 9.17) is 5.11 Å². The summed E-state index contributed by atoms with van der Waals surface area (Å²) in [6.45, 7) is 1.78. The first-order valence-electron chi connectivity index (χ1n) is 3.48. The van der Waals surface area contributed by atoms with Crippen LogP contribution < -0.4 is 0 Å². The highest BCUT2D eigenvalue weighted by molar-refractivity contribution is 7.99. The summed E-state index contributed by atoms with van der Waals surface area (Å²) in [6, 6.07) is 0. The van der Waals surface area contributed by atoms with Gasteiger partial charge in [0.1, 0.15) is 0 Å². The fourth-order valence-corrected chi connectivity index (χ4v) is 1.47. The summed E-state index contributed by atoms with van der Waals surface area (Å²) in [6.07, 6.45) is 3.49. The van der Waals surface area contributed by atoms with Gasteiger partial charge in [0.05, 0.1) is 12.3 Å². The second kappa shape index (κ2) is 3.78. The number of thioether (sulfide) groups is 1. The predicted octanol–water partition coefficient (Wildman–Crippen LogP) is 0.893. The summed E-state index contributed by atoms with van der Waals surface area (Å²) in [4.78, 5) is 1.11. The van der Waals surface area contributed by atoms with Crippen molar-refractivity contribution < 1.29 is 5.11 Å². The van der Waals surface area contributed by atoms with Crippen molar-refractivity contribution in [3.05, 3.63) is 12.4 Å². The number of hydrogen-bond donors (Lipinski definition) is 1. The second-order valence-electron chi connectivity index (χ2n) is 2.51. The Kier molecular flexibility index (Phi) is 2.96. The smallest absolute Gasteiger partial charge is 0.0625 e. The largest absolute Gasteiger partial charge is 0.393 e. The van der Waals surface area contributed by atoms with E-state index < -0.39 is 0 Å². The zero-order valence-electron chi connectivity index (χ0n) is 6.69. The zero-order chi connectivity index (χ0) is 8.27. The lowest BCUT2D eigenvalue weighted by Crippen LogP contribution is -2.01. The molecule has 0 aliphatic heterocycles. The number of aryl methyl sites for hydroxylation is 1. The highest BCUT2D eigenvalue weighted by atomic mass is 32.2. The molecule has 0 aliphatic rings. The van der Waals surface area contributed by atoms with Crippen molar-refractivity contribution in [1.82, 2.24) is 9.78 Å². The summed E-state index contributed by atoms with van der Waals surface area (Å²) in [7, 11) is 1.88. The van der Waals surface area contributed by atoms with Gasteiger partial charge in [-0.05, 0) is 6.92 Å². The molecule has 3 nitrogen and oxygen atoms in total. The van der Waals surface area contributed by atoms with Crippen LogP contribution in [0.2, 0.25) is 0 Å². The first kappa shape index (κ1) is 8.62. The zero-order valence-corrected chi connectivity index (χ0v) is 7.51. The molecule has 0 spiro atoms. The summed E-state index contributed by atoms with van der Waals surface area (Å²) in [5.41, 5.74) is 0. The van der Waals surface area contributed by atoms with Crippen LogP contribution in [-0.2, 0) is 7.05 Å². The Morgan fingerprint density at radius 2 is 2.55 bits per heavy atom. The highest BCUT2D eigenvalue weighted by Crippen LogP contribution is 2.16. The molecule has 1 aromatic heterocycles. The van der Waals surface area contributed by atoms with Crippen molar-refractivity contribution in [2.75, 3.05) is 5.75 Å². The fourth-order valence-electron chi connectivity index (χ4n) is 0.690. The molecule has 0 radical (unpaired) electrons. The third kappa shape index (κ3) is 2.95. The van der Waals surface area contributed by atoms with Gasteiger partial charge < -0.3 is 5.11 Å². The van der Waals surface area contributed by atoms with Crippen LogP contribution in [0.15, 0.2) is 17.3 Å². The molecule has 1 heterocycles. The van der Waals surface area contributed by atoms with Crippen LogP contribution in [0.5, 0.6) is 0 Å².